The predicted molar refractivity (Wildman–Crippen MR) is 83.9 cm³/mol. The second-order valence-electron chi connectivity index (χ2n) is 5.65. The van der Waals surface area contributed by atoms with Crippen LogP contribution in [0.25, 0.3) is 0 Å². The van der Waals surface area contributed by atoms with Gasteiger partial charge in [0.2, 0.25) is 5.91 Å². The average Bonchev–Trinajstić information content (AvgIpc) is 2.70. The van der Waals surface area contributed by atoms with E-state index >= 15 is 0 Å². The van der Waals surface area contributed by atoms with Gasteiger partial charge in [-0.15, -0.1) is 0 Å². The molecule has 118 valence electrons. The molecule has 1 heterocycles. The summed E-state index contributed by atoms with van der Waals surface area (Å²) in [6, 6.07) is 6.34. The van der Waals surface area contributed by atoms with Crippen LogP contribution in [0.2, 0.25) is 0 Å². The highest BCUT2D eigenvalue weighted by Crippen LogP contribution is 2.15. The second-order valence-corrected chi connectivity index (χ2v) is 5.65. The van der Waals surface area contributed by atoms with Gasteiger partial charge < -0.3 is 4.90 Å². The third-order valence-electron chi connectivity index (χ3n) is 3.98. The van der Waals surface area contributed by atoms with Crippen molar-refractivity contribution in [3.63, 3.8) is 0 Å². The van der Waals surface area contributed by atoms with Gasteiger partial charge in [-0.2, -0.15) is 5.10 Å². The van der Waals surface area contributed by atoms with Gasteiger partial charge in [-0.05, 0) is 43.5 Å². The van der Waals surface area contributed by atoms with E-state index in [2.05, 4.69) is 5.10 Å². The van der Waals surface area contributed by atoms with Gasteiger partial charge in [-0.3, -0.25) is 9.48 Å². The third-order valence-corrected chi connectivity index (χ3v) is 3.98. The number of carbonyl (C=O) groups excluding carboxylic acids is 1. The Balaban J connectivity index is 1.94. The number of aryl methyl sites for hydroxylation is 2. The molecule has 5 heteroatoms. The second kappa shape index (κ2) is 6.73. The van der Waals surface area contributed by atoms with Gasteiger partial charge >= 0.3 is 0 Å². The maximum absolute atomic E-state index is 13.2. The molecular formula is C17H22FN3O. The molecule has 0 spiro atoms. The number of aromatic nitrogens is 2. The van der Waals surface area contributed by atoms with Crippen LogP contribution in [0.5, 0.6) is 0 Å². The molecule has 1 aromatic carbocycles. The molecule has 0 atom stereocenters. The zero-order valence-electron chi connectivity index (χ0n) is 13.6. The first-order chi connectivity index (χ1) is 10.4. The summed E-state index contributed by atoms with van der Waals surface area (Å²) >= 11 is 0. The molecule has 2 rings (SSSR count). The standard InChI is InChI=1S/C17H22FN3O/c1-12-16(13(2)21(4)19-12)8-9-17(22)20(3)11-14-6-5-7-15(18)10-14/h5-7,10H,8-9,11H2,1-4H3. The van der Waals surface area contributed by atoms with Crippen LogP contribution in [0, 0.1) is 19.7 Å². The highest BCUT2D eigenvalue weighted by molar-refractivity contribution is 5.76. The number of benzene rings is 1. The quantitative estimate of drug-likeness (QED) is 0.852. The van der Waals surface area contributed by atoms with Crippen molar-refractivity contribution in [3.05, 3.63) is 52.6 Å². The monoisotopic (exact) mass is 303 g/mol. The van der Waals surface area contributed by atoms with Gasteiger partial charge in [0.15, 0.2) is 0 Å². The van der Waals surface area contributed by atoms with Crippen molar-refractivity contribution in [3.8, 4) is 0 Å². The van der Waals surface area contributed by atoms with Crippen LogP contribution in [0.15, 0.2) is 24.3 Å². The molecule has 0 aliphatic carbocycles. The van der Waals surface area contributed by atoms with E-state index in [1.165, 1.54) is 12.1 Å². The summed E-state index contributed by atoms with van der Waals surface area (Å²) in [5.41, 5.74) is 4.00. The first-order valence-corrected chi connectivity index (χ1v) is 7.36. The Morgan fingerprint density at radius 1 is 1.36 bits per heavy atom. The fourth-order valence-electron chi connectivity index (χ4n) is 2.60. The van der Waals surface area contributed by atoms with Gasteiger partial charge in [-0.25, -0.2) is 4.39 Å². The molecule has 1 amide bonds. The SMILES string of the molecule is Cc1nn(C)c(C)c1CCC(=O)N(C)Cc1cccc(F)c1. The van der Waals surface area contributed by atoms with Crippen molar-refractivity contribution in [2.75, 3.05) is 7.05 Å². The van der Waals surface area contributed by atoms with E-state index in [0.717, 1.165) is 22.5 Å². The lowest BCUT2D eigenvalue weighted by Crippen LogP contribution is -2.26. The maximum Gasteiger partial charge on any atom is 0.222 e. The van der Waals surface area contributed by atoms with Crippen molar-refractivity contribution in [1.82, 2.24) is 14.7 Å². The van der Waals surface area contributed by atoms with E-state index in [0.29, 0.717) is 19.4 Å². The number of carbonyl (C=O) groups is 1. The lowest BCUT2D eigenvalue weighted by atomic mass is 10.1. The fraction of sp³-hybridized carbons (Fsp3) is 0.412. The van der Waals surface area contributed by atoms with Crippen molar-refractivity contribution in [2.45, 2.75) is 33.2 Å². The molecule has 4 nitrogen and oxygen atoms in total. The number of amides is 1. The topological polar surface area (TPSA) is 38.1 Å². The zero-order chi connectivity index (χ0) is 16.3. The Bertz CT molecular complexity index is 679. The molecule has 0 N–H and O–H groups in total. The minimum absolute atomic E-state index is 0.0481. The van der Waals surface area contributed by atoms with E-state index in [1.807, 2.05) is 31.6 Å². The Labute approximate surface area is 130 Å². The summed E-state index contributed by atoms with van der Waals surface area (Å²) in [6.07, 6.45) is 1.11. The number of halogens is 1. The maximum atomic E-state index is 13.2. The molecule has 0 saturated carbocycles. The Morgan fingerprint density at radius 3 is 2.68 bits per heavy atom. The number of hydrogen-bond donors (Lipinski definition) is 0. The van der Waals surface area contributed by atoms with Crippen LogP contribution < -0.4 is 0 Å². The lowest BCUT2D eigenvalue weighted by Gasteiger charge is -2.17. The average molecular weight is 303 g/mol. The van der Waals surface area contributed by atoms with E-state index in [9.17, 15) is 9.18 Å². The van der Waals surface area contributed by atoms with E-state index in [4.69, 9.17) is 0 Å². The summed E-state index contributed by atoms with van der Waals surface area (Å²) < 4.78 is 15.0. The van der Waals surface area contributed by atoms with Crippen molar-refractivity contribution < 1.29 is 9.18 Å². The van der Waals surface area contributed by atoms with Gasteiger partial charge in [0, 0.05) is 32.8 Å². The largest absolute Gasteiger partial charge is 0.341 e. The molecule has 0 fully saturated rings. The van der Waals surface area contributed by atoms with E-state index in [1.54, 1.807) is 18.0 Å². The molecule has 0 unspecified atom stereocenters. The molecule has 22 heavy (non-hydrogen) atoms. The lowest BCUT2D eigenvalue weighted by molar-refractivity contribution is -0.130. The van der Waals surface area contributed by atoms with Crippen LogP contribution in [0.4, 0.5) is 4.39 Å². The molecule has 0 saturated heterocycles. The minimum atomic E-state index is -0.278. The molecule has 0 radical (unpaired) electrons. The predicted octanol–water partition coefficient (Wildman–Crippen LogP) is 2.77. The van der Waals surface area contributed by atoms with Gasteiger partial charge in [0.05, 0.1) is 5.69 Å². The summed E-state index contributed by atoms with van der Waals surface area (Å²) in [6.45, 7) is 4.39. The van der Waals surface area contributed by atoms with Gasteiger partial charge in [0.1, 0.15) is 5.82 Å². The smallest absolute Gasteiger partial charge is 0.222 e. The first-order valence-electron chi connectivity index (χ1n) is 7.36. The minimum Gasteiger partial charge on any atom is -0.341 e. The van der Waals surface area contributed by atoms with Gasteiger partial charge in [-0.1, -0.05) is 12.1 Å². The van der Waals surface area contributed by atoms with Crippen LogP contribution in [0.3, 0.4) is 0 Å². The van der Waals surface area contributed by atoms with E-state index in [-0.39, 0.29) is 11.7 Å². The van der Waals surface area contributed by atoms with Crippen molar-refractivity contribution >= 4 is 5.91 Å². The summed E-state index contributed by atoms with van der Waals surface area (Å²) in [5.74, 6) is -0.230. The van der Waals surface area contributed by atoms with Crippen LogP contribution in [-0.2, 0) is 24.8 Å². The Hall–Kier alpha value is -2.17. The molecule has 0 bridgehead atoms. The van der Waals surface area contributed by atoms with Gasteiger partial charge in [0.25, 0.3) is 0 Å². The van der Waals surface area contributed by atoms with Crippen molar-refractivity contribution in [2.24, 2.45) is 7.05 Å². The highest BCUT2D eigenvalue weighted by Gasteiger charge is 2.14. The Morgan fingerprint density at radius 2 is 2.09 bits per heavy atom. The number of nitrogens with zero attached hydrogens (tertiary/aromatic N) is 3. The van der Waals surface area contributed by atoms with Crippen LogP contribution >= 0.6 is 0 Å². The van der Waals surface area contributed by atoms with E-state index < -0.39 is 0 Å². The fourth-order valence-corrected chi connectivity index (χ4v) is 2.60. The first kappa shape index (κ1) is 16.2. The molecule has 2 aromatic rings. The molecule has 0 aliphatic rings. The normalized spacial score (nSPS) is 10.8. The number of rotatable bonds is 5. The molecule has 1 aromatic heterocycles. The van der Waals surface area contributed by atoms with Crippen LogP contribution in [-0.4, -0.2) is 27.6 Å². The molecular weight excluding hydrogens is 281 g/mol. The summed E-state index contributed by atoms with van der Waals surface area (Å²) in [7, 11) is 3.65. The summed E-state index contributed by atoms with van der Waals surface area (Å²) in [4.78, 5) is 13.9. The highest BCUT2D eigenvalue weighted by atomic mass is 19.1. The molecule has 0 aliphatic heterocycles. The third kappa shape index (κ3) is 3.72. The zero-order valence-corrected chi connectivity index (χ0v) is 13.6. The van der Waals surface area contributed by atoms with Crippen molar-refractivity contribution in [1.29, 1.82) is 0 Å². The van der Waals surface area contributed by atoms with Crippen LogP contribution in [0.1, 0.15) is 28.9 Å². The summed E-state index contributed by atoms with van der Waals surface area (Å²) in [5, 5.41) is 4.36. The Kier molecular flexibility index (Phi) is 4.96. The number of hydrogen-bond acceptors (Lipinski definition) is 2.